The zero-order chi connectivity index (χ0) is 13.2. The molecule has 0 amide bonds. The van der Waals surface area contributed by atoms with E-state index in [2.05, 4.69) is 40.2 Å². The molecule has 5 nitrogen and oxygen atoms in total. The zero-order valence-electron chi connectivity index (χ0n) is 11.6. The van der Waals surface area contributed by atoms with Crippen molar-refractivity contribution in [2.24, 2.45) is 0 Å². The molecule has 0 aromatic carbocycles. The summed E-state index contributed by atoms with van der Waals surface area (Å²) in [6.07, 6.45) is 4.60. The van der Waals surface area contributed by atoms with Crippen LogP contribution in [0, 0.1) is 6.92 Å². The highest BCUT2D eigenvalue weighted by Gasteiger charge is 2.15. The first-order chi connectivity index (χ1) is 9.22. The lowest BCUT2D eigenvalue weighted by atomic mass is 10.3. The van der Waals surface area contributed by atoms with E-state index in [1.165, 1.54) is 25.9 Å². The van der Waals surface area contributed by atoms with Gasteiger partial charge in [-0.05, 0) is 51.4 Å². The fourth-order valence-corrected chi connectivity index (χ4v) is 2.72. The third kappa shape index (κ3) is 2.71. The van der Waals surface area contributed by atoms with Crippen LogP contribution in [-0.2, 0) is 0 Å². The normalized spacial score (nSPS) is 18.0. The fraction of sp³-hybridized carbons (Fsp3) is 0.571. The largest absolute Gasteiger partial charge is 0.349 e. The van der Waals surface area contributed by atoms with E-state index >= 15 is 0 Å². The molecule has 2 aromatic heterocycles. The Bertz CT molecular complexity index is 556. The van der Waals surface area contributed by atoms with E-state index in [-0.39, 0.29) is 0 Å². The summed E-state index contributed by atoms with van der Waals surface area (Å²) in [6, 6.07) is 4.42. The van der Waals surface area contributed by atoms with Crippen LogP contribution < -0.4 is 5.32 Å². The van der Waals surface area contributed by atoms with E-state index in [4.69, 9.17) is 0 Å². The molecule has 0 spiro atoms. The first-order valence-corrected chi connectivity index (χ1v) is 7.03. The Balaban J connectivity index is 1.68. The van der Waals surface area contributed by atoms with Crippen LogP contribution >= 0.6 is 0 Å². The van der Waals surface area contributed by atoms with Crippen LogP contribution in [0.1, 0.15) is 25.3 Å². The van der Waals surface area contributed by atoms with Crippen molar-refractivity contribution in [3.8, 4) is 0 Å². The third-order valence-corrected chi connectivity index (χ3v) is 3.66. The molecule has 3 rings (SSSR count). The van der Waals surface area contributed by atoms with E-state index in [9.17, 15) is 0 Å². The van der Waals surface area contributed by atoms with Crippen molar-refractivity contribution in [2.75, 3.05) is 25.0 Å². The molecule has 1 aliphatic heterocycles. The number of pyridine rings is 1. The Morgan fingerprint density at radius 1 is 1.37 bits per heavy atom. The van der Waals surface area contributed by atoms with Gasteiger partial charge in [0.1, 0.15) is 0 Å². The molecule has 19 heavy (non-hydrogen) atoms. The van der Waals surface area contributed by atoms with Crippen LogP contribution in [0.4, 0.5) is 5.95 Å². The van der Waals surface area contributed by atoms with E-state index in [0.29, 0.717) is 6.04 Å². The van der Waals surface area contributed by atoms with Crippen LogP contribution in [0.3, 0.4) is 0 Å². The molecule has 1 aliphatic rings. The van der Waals surface area contributed by atoms with Gasteiger partial charge in [-0.25, -0.2) is 4.52 Å². The van der Waals surface area contributed by atoms with Gasteiger partial charge in [-0.15, -0.1) is 5.10 Å². The van der Waals surface area contributed by atoms with Gasteiger partial charge in [-0.3, -0.25) is 0 Å². The smallest absolute Gasteiger partial charge is 0.243 e. The number of nitrogens with zero attached hydrogens (tertiary/aromatic N) is 4. The minimum Gasteiger partial charge on any atom is -0.349 e. The molecule has 0 aliphatic carbocycles. The highest BCUT2D eigenvalue weighted by Crippen LogP contribution is 2.12. The van der Waals surface area contributed by atoms with E-state index in [0.717, 1.165) is 23.7 Å². The number of fused-ring (bicyclic) bond motifs is 1. The SMILES string of the molecule is Cc1cccn2nc(NC(C)CN3CCCC3)nc12. The van der Waals surface area contributed by atoms with Gasteiger partial charge in [-0.2, -0.15) is 4.98 Å². The first kappa shape index (κ1) is 12.4. The maximum atomic E-state index is 4.55. The highest BCUT2D eigenvalue weighted by molar-refractivity contribution is 5.49. The van der Waals surface area contributed by atoms with Crippen LogP contribution in [0.5, 0.6) is 0 Å². The quantitative estimate of drug-likeness (QED) is 0.911. The van der Waals surface area contributed by atoms with E-state index in [1.54, 1.807) is 0 Å². The molecule has 0 saturated carbocycles. The number of likely N-dealkylation sites (tertiary alicyclic amines) is 1. The van der Waals surface area contributed by atoms with Crippen molar-refractivity contribution in [1.29, 1.82) is 0 Å². The first-order valence-electron chi connectivity index (χ1n) is 7.03. The van der Waals surface area contributed by atoms with E-state index in [1.807, 2.05) is 16.8 Å². The van der Waals surface area contributed by atoms with E-state index < -0.39 is 0 Å². The summed E-state index contributed by atoms with van der Waals surface area (Å²) in [4.78, 5) is 7.05. The Morgan fingerprint density at radius 3 is 2.89 bits per heavy atom. The summed E-state index contributed by atoms with van der Waals surface area (Å²) < 4.78 is 1.83. The molecule has 1 fully saturated rings. The van der Waals surface area contributed by atoms with Crippen molar-refractivity contribution in [2.45, 2.75) is 32.7 Å². The van der Waals surface area contributed by atoms with Crippen molar-refractivity contribution in [1.82, 2.24) is 19.5 Å². The average Bonchev–Trinajstić information content (AvgIpc) is 2.98. The van der Waals surface area contributed by atoms with Gasteiger partial charge in [0.05, 0.1) is 0 Å². The fourth-order valence-electron chi connectivity index (χ4n) is 2.72. The van der Waals surface area contributed by atoms with Crippen LogP contribution in [0.15, 0.2) is 18.3 Å². The van der Waals surface area contributed by atoms with Gasteiger partial charge in [0.25, 0.3) is 0 Å². The van der Waals surface area contributed by atoms with Gasteiger partial charge in [-0.1, -0.05) is 6.07 Å². The monoisotopic (exact) mass is 259 g/mol. The molecule has 5 heteroatoms. The molecule has 1 saturated heterocycles. The molecule has 0 bridgehead atoms. The lowest BCUT2D eigenvalue weighted by molar-refractivity contribution is 0.327. The van der Waals surface area contributed by atoms with Crippen LogP contribution in [0.2, 0.25) is 0 Å². The number of aryl methyl sites for hydroxylation is 1. The standard InChI is InChI=1S/C14H21N5/c1-11-6-5-9-19-13(11)16-14(17-19)15-12(2)10-18-7-3-4-8-18/h5-6,9,12H,3-4,7-8,10H2,1-2H3,(H,15,17). The average molecular weight is 259 g/mol. The maximum absolute atomic E-state index is 4.55. The lowest BCUT2D eigenvalue weighted by Crippen LogP contribution is -2.33. The minimum atomic E-state index is 0.371. The summed E-state index contributed by atoms with van der Waals surface area (Å²) >= 11 is 0. The highest BCUT2D eigenvalue weighted by atomic mass is 15.4. The number of anilines is 1. The molecule has 102 valence electrons. The van der Waals surface area contributed by atoms with Crippen molar-refractivity contribution >= 4 is 11.6 Å². The van der Waals surface area contributed by atoms with Crippen LogP contribution in [0.25, 0.3) is 5.65 Å². The topological polar surface area (TPSA) is 45.5 Å². The molecule has 1 unspecified atom stereocenters. The van der Waals surface area contributed by atoms with Gasteiger partial charge in [0.15, 0.2) is 5.65 Å². The second-order valence-electron chi connectivity index (χ2n) is 5.45. The maximum Gasteiger partial charge on any atom is 0.243 e. The Hall–Kier alpha value is -1.62. The number of rotatable bonds is 4. The molecular formula is C14H21N5. The third-order valence-electron chi connectivity index (χ3n) is 3.66. The predicted octanol–water partition coefficient (Wildman–Crippen LogP) is 1.93. The van der Waals surface area contributed by atoms with Gasteiger partial charge < -0.3 is 10.2 Å². The molecule has 1 atom stereocenters. The number of aromatic nitrogens is 3. The van der Waals surface area contributed by atoms with Crippen molar-refractivity contribution in [3.05, 3.63) is 23.9 Å². The summed E-state index contributed by atoms with van der Waals surface area (Å²) in [6.45, 7) is 7.76. The van der Waals surface area contributed by atoms with Crippen molar-refractivity contribution in [3.63, 3.8) is 0 Å². The number of nitrogens with one attached hydrogen (secondary N) is 1. The molecular weight excluding hydrogens is 238 g/mol. The lowest BCUT2D eigenvalue weighted by Gasteiger charge is -2.20. The molecule has 1 N–H and O–H groups in total. The second kappa shape index (κ2) is 5.17. The zero-order valence-corrected chi connectivity index (χ0v) is 11.6. The summed E-state index contributed by atoms with van der Waals surface area (Å²) in [5.41, 5.74) is 2.08. The van der Waals surface area contributed by atoms with Gasteiger partial charge in [0, 0.05) is 18.8 Å². The molecule has 2 aromatic rings. The van der Waals surface area contributed by atoms with Crippen molar-refractivity contribution < 1.29 is 0 Å². The van der Waals surface area contributed by atoms with Gasteiger partial charge >= 0.3 is 0 Å². The minimum absolute atomic E-state index is 0.371. The predicted molar refractivity (Wildman–Crippen MR) is 76.5 cm³/mol. The Morgan fingerprint density at radius 2 is 2.16 bits per heavy atom. The number of hydrogen-bond donors (Lipinski definition) is 1. The molecule has 0 radical (unpaired) electrons. The summed E-state index contributed by atoms with van der Waals surface area (Å²) in [5, 5.41) is 7.86. The second-order valence-corrected chi connectivity index (χ2v) is 5.45. The Labute approximate surface area is 113 Å². The summed E-state index contributed by atoms with van der Waals surface area (Å²) in [7, 11) is 0. The van der Waals surface area contributed by atoms with Gasteiger partial charge in [0.2, 0.25) is 5.95 Å². The van der Waals surface area contributed by atoms with Crippen LogP contribution in [-0.4, -0.2) is 45.2 Å². The molecule has 3 heterocycles. The summed E-state index contributed by atoms with van der Waals surface area (Å²) in [5.74, 6) is 0.723. The number of hydrogen-bond acceptors (Lipinski definition) is 4. The Kier molecular flexibility index (Phi) is 3.38.